The summed E-state index contributed by atoms with van der Waals surface area (Å²) in [5, 5.41) is 11.3. The third-order valence-corrected chi connectivity index (χ3v) is 5.05. The number of carbonyl (C=O) groups excluding carboxylic acids is 1. The Morgan fingerprint density at radius 2 is 1.78 bits per heavy atom. The lowest BCUT2D eigenvalue weighted by molar-refractivity contribution is -0.116. The highest BCUT2D eigenvalue weighted by Crippen LogP contribution is 2.26. The molecule has 2 heterocycles. The third-order valence-electron chi connectivity index (χ3n) is 5.05. The molecule has 1 amide bonds. The number of hydrogen-bond acceptors (Lipinski definition) is 5. The summed E-state index contributed by atoms with van der Waals surface area (Å²) in [4.78, 5) is 17.4. The molecule has 1 fully saturated rings. The molecule has 7 heteroatoms. The molecule has 4 rings (SSSR count). The molecule has 3 aromatic rings. The normalized spacial score (nSPS) is 15.2. The van der Waals surface area contributed by atoms with E-state index in [-0.39, 0.29) is 12.5 Å². The number of para-hydroxylation sites is 3. The quantitative estimate of drug-likeness (QED) is 0.752. The van der Waals surface area contributed by atoms with Crippen molar-refractivity contribution in [1.29, 1.82) is 0 Å². The van der Waals surface area contributed by atoms with Crippen LogP contribution >= 0.6 is 0 Å². The lowest BCUT2D eigenvalue weighted by Crippen LogP contribution is -2.46. The van der Waals surface area contributed by atoms with Crippen LogP contribution in [0.5, 0.6) is 0 Å². The number of benzene rings is 2. The molecule has 1 N–H and O–H groups in total. The van der Waals surface area contributed by atoms with E-state index < -0.39 is 0 Å². The topological polar surface area (TPSA) is 66.3 Å². The van der Waals surface area contributed by atoms with Crippen molar-refractivity contribution in [2.75, 3.05) is 42.9 Å². The highest BCUT2D eigenvalue weighted by atomic mass is 16.2. The van der Waals surface area contributed by atoms with Crippen molar-refractivity contribution >= 4 is 28.3 Å². The van der Waals surface area contributed by atoms with Gasteiger partial charge in [-0.1, -0.05) is 36.4 Å². The fourth-order valence-corrected chi connectivity index (χ4v) is 3.52. The highest BCUT2D eigenvalue weighted by Gasteiger charge is 2.19. The van der Waals surface area contributed by atoms with Crippen molar-refractivity contribution < 1.29 is 4.79 Å². The summed E-state index contributed by atoms with van der Waals surface area (Å²) in [5.74, 6) is -0.106. The van der Waals surface area contributed by atoms with E-state index in [1.165, 1.54) is 0 Å². The van der Waals surface area contributed by atoms with Gasteiger partial charge < -0.3 is 15.1 Å². The second-order valence-corrected chi connectivity index (χ2v) is 6.72. The van der Waals surface area contributed by atoms with Gasteiger partial charge in [-0.15, -0.1) is 5.10 Å². The van der Waals surface area contributed by atoms with Crippen LogP contribution in [0.25, 0.3) is 11.0 Å². The molecule has 1 aromatic heterocycles. The van der Waals surface area contributed by atoms with E-state index in [9.17, 15) is 4.79 Å². The van der Waals surface area contributed by atoms with Crippen LogP contribution in [-0.2, 0) is 11.3 Å². The maximum absolute atomic E-state index is 12.6. The molecule has 1 aliphatic heterocycles. The average Bonchev–Trinajstić information content (AvgIpc) is 3.11. The lowest BCUT2D eigenvalue weighted by Gasteiger charge is -2.36. The summed E-state index contributed by atoms with van der Waals surface area (Å²) in [5.41, 5.74) is 3.57. The molecule has 2 aromatic carbocycles. The number of likely N-dealkylation sites (N-methyl/N-ethyl adjacent to an activating group) is 1. The van der Waals surface area contributed by atoms with Gasteiger partial charge in [-0.2, -0.15) is 0 Å². The fourth-order valence-electron chi connectivity index (χ4n) is 3.52. The minimum absolute atomic E-state index is 0.106. The van der Waals surface area contributed by atoms with Crippen molar-refractivity contribution in [3.05, 3.63) is 48.5 Å². The van der Waals surface area contributed by atoms with Crippen LogP contribution in [0.3, 0.4) is 0 Å². The molecule has 140 valence electrons. The average molecular weight is 364 g/mol. The first kappa shape index (κ1) is 17.5. The smallest absolute Gasteiger partial charge is 0.246 e. The summed E-state index contributed by atoms with van der Waals surface area (Å²) < 4.78 is 1.63. The van der Waals surface area contributed by atoms with Crippen LogP contribution in [-0.4, -0.2) is 58.5 Å². The Morgan fingerprint density at radius 1 is 1.04 bits per heavy atom. The van der Waals surface area contributed by atoms with Gasteiger partial charge in [-0.25, -0.2) is 4.68 Å². The Morgan fingerprint density at radius 3 is 2.59 bits per heavy atom. The molecule has 7 nitrogen and oxygen atoms in total. The molecule has 0 saturated carbocycles. The third kappa shape index (κ3) is 3.78. The minimum Gasteiger partial charge on any atom is -0.367 e. The van der Waals surface area contributed by atoms with Crippen molar-refractivity contribution in [2.24, 2.45) is 0 Å². The zero-order chi connectivity index (χ0) is 18.6. The van der Waals surface area contributed by atoms with Crippen LogP contribution in [0.2, 0.25) is 0 Å². The van der Waals surface area contributed by atoms with E-state index in [0.29, 0.717) is 0 Å². The largest absolute Gasteiger partial charge is 0.367 e. The first-order valence-electron chi connectivity index (χ1n) is 9.39. The Bertz CT molecular complexity index is 929. The summed E-state index contributed by atoms with van der Waals surface area (Å²) >= 11 is 0. The molecular weight excluding hydrogens is 340 g/mol. The summed E-state index contributed by atoms with van der Waals surface area (Å²) in [6, 6.07) is 15.6. The Balaban J connectivity index is 1.47. The number of nitrogens with zero attached hydrogens (tertiary/aromatic N) is 5. The van der Waals surface area contributed by atoms with Gasteiger partial charge in [0, 0.05) is 26.2 Å². The van der Waals surface area contributed by atoms with Gasteiger partial charge in [0.05, 0.1) is 16.9 Å². The maximum Gasteiger partial charge on any atom is 0.246 e. The number of aromatic nitrogens is 3. The Hall–Kier alpha value is -2.93. The Labute approximate surface area is 158 Å². The number of hydrogen-bond donors (Lipinski definition) is 1. The van der Waals surface area contributed by atoms with Crippen molar-refractivity contribution in [2.45, 2.75) is 13.5 Å². The molecule has 27 heavy (non-hydrogen) atoms. The number of nitrogens with one attached hydrogen (secondary N) is 1. The number of anilines is 2. The van der Waals surface area contributed by atoms with Gasteiger partial charge in [0.2, 0.25) is 5.91 Å². The summed E-state index contributed by atoms with van der Waals surface area (Å²) in [7, 11) is 0. The van der Waals surface area contributed by atoms with E-state index >= 15 is 0 Å². The molecule has 1 aliphatic rings. The van der Waals surface area contributed by atoms with E-state index in [1.807, 2.05) is 42.5 Å². The lowest BCUT2D eigenvalue weighted by atomic mass is 10.2. The first-order valence-corrected chi connectivity index (χ1v) is 9.39. The van der Waals surface area contributed by atoms with Crippen LogP contribution in [0, 0.1) is 0 Å². The van der Waals surface area contributed by atoms with E-state index in [1.54, 1.807) is 4.68 Å². The SMILES string of the molecule is CCN1CCN(c2ccccc2NC(=O)Cn2nnc3ccccc32)CC1. The van der Waals surface area contributed by atoms with Crippen molar-refractivity contribution in [3.8, 4) is 0 Å². The van der Waals surface area contributed by atoms with Gasteiger partial charge in [0.1, 0.15) is 12.1 Å². The standard InChI is InChI=1S/C20H24N6O/c1-2-24-11-13-25(14-12-24)18-9-5-3-7-16(18)21-20(27)15-26-19-10-6-4-8-17(19)22-23-26/h3-10H,2,11-15H2,1H3,(H,21,27). The van der Waals surface area contributed by atoms with E-state index in [0.717, 1.165) is 55.1 Å². The van der Waals surface area contributed by atoms with Crippen LogP contribution < -0.4 is 10.2 Å². The predicted molar refractivity (Wildman–Crippen MR) is 107 cm³/mol. The second kappa shape index (κ2) is 7.75. The molecule has 0 atom stereocenters. The number of carbonyl (C=O) groups is 1. The van der Waals surface area contributed by atoms with Gasteiger partial charge >= 0.3 is 0 Å². The van der Waals surface area contributed by atoms with Crippen LogP contribution in [0.1, 0.15) is 6.92 Å². The van der Waals surface area contributed by atoms with Crippen LogP contribution in [0.4, 0.5) is 11.4 Å². The maximum atomic E-state index is 12.6. The second-order valence-electron chi connectivity index (χ2n) is 6.72. The van der Waals surface area contributed by atoms with E-state index in [2.05, 4.69) is 38.4 Å². The summed E-state index contributed by atoms with van der Waals surface area (Å²) in [6.45, 7) is 7.44. The molecule has 0 unspecified atom stereocenters. The molecule has 0 spiro atoms. The van der Waals surface area contributed by atoms with Crippen LogP contribution in [0.15, 0.2) is 48.5 Å². The van der Waals surface area contributed by atoms with Crippen molar-refractivity contribution in [1.82, 2.24) is 19.9 Å². The number of amides is 1. The number of fused-ring (bicyclic) bond motifs is 1. The predicted octanol–water partition coefficient (Wildman–Crippen LogP) is 2.21. The fraction of sp³-hybridized carbons (Fsp3) is 0.350. The molecule has 0 bridgehead atoms. The molecular formula is C20H24N6O. The van der Waals surface area contributed by atoms with Gasteiger partial charge in [0.25, 0.3) is 0 Å². The van der Waals surface area contributed by atoms with Gasteiger partial charge in [-0.05, 0) is 30.8 Å². The zero-order valence-electron chi connectivity index (χ0n) is 15.5. The summed E-state index contributed by atoms with van der Waals surface area (Å²) in [6.07, 6.45) is 0. The van der Waals surface area contributed by atoms with Crippen molar-refractivity contribution in [3.63, 3.8) is 0 Å². The molecule has 0 radical (unpaired) electrons. The minimum atomic E-state index is -0.106. The van der Waals surface area contributed by atoms with E-state index in [4.69, 9.17) is 0 Å². The molecule has 1 saturated heterocycles. The monoisotopic (exact) mass is 364 g/mol. The van der Waals surface area contributed by atoms with Gasteiger partial charge in [0.15, 0.2) is 0 Å². The number of piperazine rings is 1. The van der Waals surface area contributed by atoms with Gasteiger partial charge in [-0.3, -0.25) is 4.79 Å². The zero-order valence-corrected chi connectivity index (χ0v) is 15.5. The number of rotatable bonds is 5. The molecule has 0 aliphatic carbocycles. The first-order chi connectivity index (χ1) is 13.2. The highest BCUT2D eigenvalue weighted by molar-refractivity contribution is 5.94. The Kier molecular flexibility index (Phi) is 5.02.